The number of thiophene rings is 1. The highest BCUT2D eigenvalue weighted by Crippen LogP contribution is 2.37. The van der Waals surface area contributed by atoms with Gasteiger partial charge in [0.2, 0.25) is 0 Å². The molecule has 0 bridgehead atoms. The van der Waals surface area contributed by atoms with E-state index in [-0.39, 0.29) is 0 Å². The lowest BCUT2D eigenvalue weighted by Crippen LogP contribution is -1.96. The summed E-state index contributed by atoms with van der Waals surface area (Å²) in [5.74, 6) is 0.708. The molecule has 9 aromatic rings. The molecule has 0 aliphatic carbocycles. The second-order valence-corrected chi connectivity index (χ2v) is 12.8. The summed E-state index contributed by atoms with van der Waals surface area (Å²) in [7, 11) is 0. The molecule has 3 aromatic heterocycles. The molecule has 3 heterocycles. The Hall–Kier alpha value is -5.97. The van der Waals surface area contributed by atoms with Crippen LogP contribution in [0.4, 0.5) is 0 Å². The lowest BCUT2D eigenvalue weighted by molar-refractivity contribution is 1.18. The number of pyridine rings is 1. The van der Waals surface area contributed by atoms with Gasteiger partial charge in [-0.1, -0.05) is 127 Å². The van der Waals surface area contributed by atoms with Crippen LogP contribution in [-0.2, 0) is 0 Å². The standard InChI is InChI=1S/C43H27N3S/c1-2-8-32(9-3-1)43-45-39(25-40(46-43)31-20-16-29(17-21-31)38-27-44-26-34-10-4-5-11-35(34)38)30-18-14-28(15-19-30)33-22-23-42-37(24-33)36-12-6-7-13-41(36)47-42/h1-27H. The second-order valence-electron chi connectivity index (χ2n) is 11.7. The second kappa shape index (κ2) is 11.4. The third-order valence-corrected chi connectivity index (χ3v) is 9.96. The molecule has 6 aromatic carbocycles. The highest BCUT2D eigenvalue weighted by atomic mass is 32.1. The highest BCUT2D eigenvalue weighted by Gasteiger charge is 2.13. The van der Waals surface area contributed by atoms with Crippen molar-refractivity contribution in [2.45, 2.75) is 0 Å². The Morgan fingerprint density at radius 2 is 0.979 bits per heavy atom. The van der Waals surface area contributed by atoms with Crippen LogP contribution in [-0.4, -0.2) is 15.0 Å². The van der Waals surface area contributed by atoms with Crippen molar-refractivity contribution in [3.05, 3.63) is 164 Å². The van der Waals surface area contributed by atoms with E-state index in [9.17, 15) is 0 Å². The van der Waals surface area contributed by atoms with Crippen LogP contribution in [0.25, 0.3) is 87.1 Å². The Kier molecular flexibility index (Phi) is 6.65. The molecule has 0 amide bonds. The average Bonchev–Trinajstić information content (AvgIpc) is 3.53. The Morgan fingerprint density at radius 3 is 1.74 bits per heavy atom. The number of nitrogens with zero attached hydrogens (tertiary/aromatic N) is 3. The maximum atomic E-state index is 5.05. The minimum atomic E-state index is 0.708. The van der Waals surface area contributed by atoms with E-state index in [2.05, 4.69) is 132 Å². The molecule has 47 heavy (non-hydrogen) atoms. The first-order valence-corrected chi connectivity index (χ1v) is 16.5. The smallest absolute Gasteiger partial charge is 0.160 e. The Bertz CT molecular complexity index is 2550. The van der Waals surface area contributed by atoms with Crippen molar-refractivity contribution >= 4 is 42.3 Å². The lowest BCUT2D eigenvalue weighted by Gasteiger charge is -2.11. The van der Waals surface area contributed by atoms with E-state index in [4.69, 9.17) is 9.97 Å². The fourth-order valence-corrected chi connectivity index (χ4v) is 7.45. The van der Waals surface area contributed by atoms with Crippen molar-refractivity contribution in [2.24, 2.45) is 0 Å². The summed E-state index contributed by atoms with van der Waals surface area (Å²) in [4.78, 5) is 14.6. The third kappa shape index (κ3) is 5.05. The quantitative estimate of drug-likeness (QED) is 0.193. The molecule has 3 nitrogen and oxygen atoms in total. The van der Waals surface area contributed by atoms with Crippen molar-refractivity contribution in [1.82, 2.24) is 15.0 Å². The van der Waals surface area contributed by atoms with E-state index in [1.54, 1.807) is 0 Å². The molecule has 0 aliphatic rings. The van der Waals surface area contributed by atoms with E-state index in [0.29, 0.717) is 5.82 Å². The fraction of sp³-hybridized carbons (Fsp3) is 0. The monoisotopic (exact) mass is 617 g/mol. The van der Waals surface area contributed by atoms with Crippen molar-refractivity contribution in [3.8, 4) is 56.2 Å². The molecule has 0 fully saturated rings. The summed E-state index contributed by atoms with van der Waals surface area (Å²) in [5.41, 5.74) is 9.49. The fourth-order valence-electron chi connectivity index (χ4n) is 6.37. The van der Waals surface area contributed by atoms with Gasteiger partial charge in [0.25, 0.3) is 0 Å². The molecule has 0 saturated heterocycles. The largest absolute Gasteiger partial charge is 0.263 e. The SMILES string of the molecule is c1ccc(-c2nc(-c3ccc(-c4ccc5sc6ccccc6c5c4)cc3)cc(-c3ccc(-c4cncc5ccccc45)cc3)n2)cc1. The van der Waals surface area contributed by atoms with E-state index >= 15 is 0 Å². The predicted octanol–water partition coefficient (Wildman–Crippen LogP) is 11.7. The van der Waals surface area contributed by atoms with Crippen molar-refractivity contribution in [2.75, 3.05) is 0 Å². The van der Waals surface area contributed by atoms with Crippen LogP contribution in [0.15, 0.2) is 164 Å². The number of hydrogen-bond acceptors (Lipinski definition) is 4. The first-order valence-electron chi connectivity index (χ1n) is 15.7. The van der Waals surface area contributed by atoms with Crippen LogP contribution in [0, 0.1) is 0 Å². The van der Waals surface area contributed by atoms with Crippen LogP contribution in [0.2, 0.25) is 0 Å². The maximum Gasteiger partial charge on any atom is 0.160 e. The summed E-state index contributed by atoms with van der Waals surface area (Å²) < 4.78 is 2.64. The van der Waals surface area contributed by atoms with Crippen molar-refractivity contribution in [3.63, 3.8) is 0 Å². The van der Waals surface area contributed by atoms with Crippen LogP contribution < -0.4 is 0 Å². The molecule has 220 valence electrons. The van der Waals surface area contributed by atoms with E-state index < -0.39 is 0 Å². The van der Waals surface area contributed by atoms with Gasteiger partial charge in [0.1, 0.15) is 0 Å². The topological polar surface area (TPSA) is 38.7 Å². The summed E-state index contributed by atoms with van der Waals surface area (Å²) in [6.45, 7) is 0. The van der Waals surface area contributed by atoms with Gasteiger partial charge >= 0.3 is 0 Å². The minimum absolute atomic E-state index is 0.708. The zero-order chi connectivity index (χ0) is 31.2. The molecule has 0 spiro atoms. The highest BCUT2D eigenvalue weighted by molar-refractivity contribution is 7.25. The molecular formula is C43H27N3S. The molecule has 9 rings (SSSR count). The van der Waals surface area contributed by atoms with Gasteiger partial charge in [0.05, 0.1) is 11.4 Å². The van der Waals surface area contributed by atoms with Gasteiger partial charge in [0, 0.05) is 60.2 Å². The zero-order valence-corrected chi connectivity index (χ0v) is 26.2. The van der Waals surface area contributed by atoms with Gasteiger partial charge in [-0.3, -0.25) is 4.98 Å². The van der Waals surface area contributed by atoms with E-state index in [1.807, 2.05) is 48.0 Å². The lowest BCUT2D eigenvalue weighted by atomic mass is 9.98. The number of fused-ring (bicyclic) bond motifs is 4. The third-order valence-electron chi connectivity index (χ3n) is 8.81. The number of hydrogen-bond donors (Lipinski definition) is 0. The minimum Gasteiger partial charge on any atom is -0.263 e. The average molecular weight is 618 g/mol. The maximum absolute atomic E-state index is 5.05. The summed E-state index contributed by atoms with van der Waals surface area (Å²) >= 11 is 1.85. The van der Waals surface area contributed by atoms with Crippen LogP contribution in [0.3, 0.4) is 0 Å². The molecular weight excluding hydrogens is 591 g/mol. The van der Waals surface area contributed by atoms with Gasteiger partial charge in [-0.05, 0) is 46.3 Å². The van der Waals surface area contributed by atoms with E-state index in [0.717, 1.165) is 44.6 Å². The summed E-state index contributed by atoms with van der Waals surface area (Å²) in [6, 6.07) is 53.4. The van der Waals surface area contributed by atoms with Crippen LogP contribution >= 0.6 is 11.3 Å². The number of aromatic nitrogens is 3. The summed E-state index contributed by atoms with van der Waals surface area (Å²) in [5, 5.41) is 4.95. The van der Waals surface area contributed by atoms with E-state index in [1.165, 1.54) is 36.7 Å². The normalized spacial score (nSPS) is 11.4. The molecule has 0 unspecified atom stereocenters. The van der Waals surface area contributed by atoms with Gasteiger partial charge in [-0.25, -0.2) is 9.97 Å². The Labute approximate surface area is 276 Å². The van der Waals surface area contributed by atoms with Crippen molar-refractivity contribution in [1.29, 1.82) is 0 Å². The molecule has 0 atom stereocenters. The summed E-state index contributed by atoms with van der Waals surface area (Å²) in [6.07, 6.45) is 3.86. The zero-order valence-electron chi connectivity index (χ0n) is 25.3. The van der Waals surface area contributed by atoms with Crippen LogP contribution in [0.1, 0.15) is 0 Å². The van der Waals surface area contributed by atoms with Crippen molar-refractivity contribution < 1.29 is 0 Å². The van der Waals surface area contributed by atoms with Gasteiger partial charge < -0.3 is 0 Å². The first kappa shape index (κ1) is 27.3. The Balaban J connectivity index is 1.09. The molecule has 0 radical (unpaired) electrons. The first-order chi connectivity index (χ1) is 23.3. The van der Waals surface area contributed by atoms with Gasteiger partial charge in [0.15, 0.2) is 5.82 Å². The molecule has 0 aliphatic heterocycles. The number of rotatable bonds is 5. The molecule has 0 N–H and O–H groups in total. The van der Waals surface area contributed by atoms with Gasteiger partial charge in [-0.2, -0.15) is 0 Å². The van der Waals surface area contributed by atoms with Crippen LogP contribution in [0.5, 0.6) is 0 Å². The Morgan fingerprint density at radius 1 is 0.383 bits per heavy atom. The molecule has 0 saturated carbocycles. The molecule has 4 heteroatoms. The van der Waals surface area contributed by atoms with Gasteiger partial charge in [-0.15, -0.1) is 11.3 Å². The predicted molar refractivity (Wildman–Crippen MR) is 197 cm³/mol. The number of benzene rings is 6.